The fraction of sp³-hybridized carbons (Fsp3) is 0.273. The molecule has 1 amide bonds. The molecule has 15 heavy (non-hydrogen) atoms. The fourth-order valence-electron chi connectivity index (χ4n) is 1.12. The van der Waals surface area contributed by atoms with Crippen molar-refractivity contribution in [1.82, 2.24) is 0 Å². The molecule has 1 rings (SSSR count). The Balaban J connectivity index is 3.21. The SMILES string of the molecule is COc1ccc(N(C)C(C)=O)ccc1=O. The molecule has 0 saturated heterocycles. The molecule has 0 atom stereocenters. The van der Waals surface area contributed by atoms with Crippen LogP contribution in [-0.2, 0) is 4.79 Å². The Morgan fingerprint density at radius 3 is 2.40 bits per heavy atom. The number of carbonyl (C=O) groups excluding carboxylic acids is 1. The quantitative estimate of drug-likeness (QED) is 0.727. The zero-order valence-corrected chi connectivity index (χ0v) is 8.98. The molecule has 1 aromatic rings. The molecule has 0 aromatic heterocycles. The van der Waals surface area contributed by atoms with E-state index < -0.39 is 0 Å². The van der Waals surface area contributed by atoms with Gasteiger partial charge in [-0.05, 0) is 24.3 Å². The van der Waals surface area contributed by atoms with E-state index >= 15 is 0 Å². The van der Waals surface area contributed by atoms with Gasteiger partial charge in [-0.25, -0.2) is 0 Å². The molecule has 0 aliphatic carbocycles. The van der Waals surface area contributed by atoms with E-state index in [-0.39, 0.29) is 17.1 Å². The van der Waals surface area contributed by atoms with Crippen LogP contribution in [0.15, 0.2) is 29.1 Å². The van der Waals surface area contributed by atoms with Crippen LogP contribution < -0.4 is 15.1 Å². The van der Waals surface area contributed by atoms with Crippen molar-refractivity contribution in [3.8, 4) is 5.75 Å². The molecule has 0 aliphatic rings. The molecular weight excluding hydrogens is 194 g/mol. The number of nitrogens with zero attached hydrogens (tertiary/aromatic N) is 1. The second-order valence-electron chi connectivity index (χ2n) is 3.10. The van der Waals surface area contributed by atoms with Gasteiger partial charge in [-0.1, -0.05) is 0 Å². The number of anilines is 1. The molecule has 0 fully saturated rings. The van der Waals surface area contributed by atoms with Crippen LogP contribution >= 0.6 is 0 Å². The van der Waals surface area contributed by atoms with Gasteiger partial charge >= 0.3 is 0 Å². The molecule has 0 bridgehead atoms. The molecule has 0 heterocycles. The number of hydrogen-bond acceptors (Lipinski definition) is 3. The highest BCUT2D eigenvalue weighted by atomic mass is 16.5. The van der Waals surface area contributed by atoms with Crippen LogP contribution in [0.5, 0.6) is 5.75 Å². The first kappa shape index (κ1) is 11.2. The van der Waals surface area contributed by atoms with Gasteiger partial charge in [0.25, 0.3) is 0 Å². The molecule has 4 heteroatoms. The summed E-state index contributed by atoms with van der Waals surface area (Å²) in [5.74, 6) is 0.172. The molecule has 0 unspecified atom stereocenters. The van der Waals surface area contributed by atoms with E-state index in [1.165, 1.54) is 25.0 Å². The van der Waals surface area contributed by atoms with Gasteiger partial charge in [0.1, 0.15) is 0 Å². The third kappa shape index (κ3) is 2.56. The van der Waals surface area contributed by atoms with Crippen molar-refractivity contribution >= 4 is 11.6 Å². The van der Waals surface area contributed by atoms with Gasteiger partial charge in [-0.2, -0.15) is 0 Å². The Bertz CT molecular complexity index is 428. The molecule has 0 spiro atoms. The lowest BCUT2D eigenvalue weighted by Gasteiger charge is -2.12. The predicted molar refractivity (Wildman–Crippen MR) is 58.3 cm³/mol. The zero-order valence-electron chi connectivity index (χ0n) is 8.98. The first-order chi connectivity index (χ1) is 7.06. The number of rotatable bonds is 2. The Hall–Kier alpha value is -1.84. The van der Waals surface area contributed by atoms with E-state index in [1.54, 1.807) is 25.2 Å². The van der Waals surface area contributed by atoms with Gasteiger partial charge in [-0.15, -0.1) is 0 Å². The summed E-state index contributed by atoms with van der Waals surface area (Å²) >= 11 is 0. The van der Waals surface area contributed by atoms with Crippen molar-refractivity contribution in [2.45, 2.75) is 6.92 Å². The molecule has 4 nitrogen and oxygen atoms in total. The van der Waals surface area contributed by atoms with Crippen molar-refractivity contribution < 1.29 is 9.53 Å². The summed E-state index contributed by atoms with van der Waals surface area (Å²) in [4.78, 5) is 23.9. The molecule has 80 valence electrons. The van der Waals surface area contributed by atoms with E-state index in [2.05, 4.69) is 0 Å². The van der Waals surface area contributed by atoms with Gasteiger partial charge < -0.3 is 9.64 Å². The summed E-state index contributed by atoms with van der Waals surface area (Å²) in [6.07, 6.45) is 0. The predicted octanol–water partition coefficient (Wildman–Crippen LogP) is 1.04. The zero-order chi connectivity index (χ0) is 11.4. The number of carbonyl (C=O) groups is 1. The van der Waals surface area contributed by atoms with Crippen LogP contribution in [0.25, 0.3) is 0 Å². The first-order valence-corrected chi connectivity index (χ1v) is 4.49. The van der Waals surface area contributed by atoms with Crippen LogP contribution in [0.3, 0.4) is 0 Å². The molecular formula is C11H13NO3. The number of methoxy groups -OCH3 is 1. The summed E-state index contributed by atoms with van der Waals surface area (Å²) < 4.78 is 4.88. The van der Waals surface area contributed by atoms with Crippen LogP contribution in [0, 0.1) is 0 Å². The Morgan fingerprint density at radius 1 is 1.27 bits per heavy atom. The molecule has 1 aromatic carbocycles. The molecule has 0 aliphatic heterocycles. The van der Waals surface area contributed by atoms with Crippen molar-refractivity contribution in [2.75, 3.05) is 19.1 Å². The lowest BCUT2D eigenvalue weighted by atomic mass is 10.4. The summed E-state index contributed by atoms with van der Waals surface area (Å²) in [6.45, 7) is 1.46. The van der Waals surface area contributed by atoms with Gasteiger partial charge in [-0.3, -0.25) is 9.59 Å². The lowest BCUT2D eigenvalue weighted by molar-refractivity contribution is -0.116. The number of hydrogen-bond donors (Lipinski definition) is 0. The third-order valence-corrected chi connectivity index (χ3v) is 2.13. The van der Waals surface area contributed by atoms with Crippen LogP contribution in [-0.4, -0.2) is 20.1 Å². The fourth-order valence-corrected chi connectivity index (χ4v) is 1.12. The minimum absolute atomic E-state index is 0.0902. The smallest absolute Gasteiger partial charge is 0.223 e. The van der Waals surface area contributed by atoms with Crippen molar-refractivity contribution in [1.29, 1.82) is 0 Å². The van der Waals surface area contributed by atoms with Gasteiger partial charge in [0.15, 0.2) is 5.75 Å². The standard InChI is InChI=1S/C11H13NO3/c1-8(13)12(2)9-4-6-10(14)11(15-3)7-5-9/h4-7H,1-3H3. The maximum atomic E-state index is 11.4. The largest absolute Gasteiger partial charge is 0.493 e. The summed E-state index contributed by atoms with van der Waals surface area (Å²) in [6, 6.07) is 6.19. The highest BCUT2D eigenvalue weighted by molar-refractivity contribution is 5.90. The molecule has 0 radical (unpaired) electrons. The highest BCUT2D eigenvalue weighted by Crippen LogP contribution is 2.12. The topological polar surface area (TPSA) is 46.6 Å². The van der Waals surface area contributed by atoms with E-state index in [1.807, 2.05) is 0 Å². The minimum Gasteiger partial charge on any atom is -0.493 e. The van der Waals surface area contributed by atoms with Crippen molar-refractivity contribution in [2.24, 2.45) is 0 Å². The Morgan fingerprint density at radius 2 is 1.87 bits per heavy atom. The van der Waals surface area contributed by atoms with E-state index in [9.17, 15) is 9.59 Å². The second kappa shape index (κ2) is 4.59. The summed E-state index contributed by atoms with van der Waals surface area (Å²) in [5, 5.41) is 0. The Kier molecular flexibility index (Phi) is 3.44. The van der Waals surface area contributed by atoms with E-state index in [0.717, 1.165) is 0 Å². The Labute approximate surface area is 88.1 Å². The molecule has 0 N–H and O–H groups in total. The molecule has 0 saturated carbocycles. The maximum absolute atomic E-state index is 11.4. The van der Waals surface area contributed by atoms with Crippen LogP contribution in [0.4, 0.5) is 5.69 Å². The monoisotopic (exact) mass is 207 g/mol. The first-order valence-electron chi connectivity index (χ1n) is 4.49. The van der Waals surface area contributed by atoms with Crippen LogP contribution in [0.2, 0.25) is 0 Å². The lowest BCUT2D eigenvalue weighted by Crippen LogP contribution is -2.22. The minimum atomic E-state index is -0.208. The average Bonchev–Trinajstić information content (AvgIpc) is 2.39. The second-order valence-corrected chi connectivity index (χ2v) is 3.10. The van der Waals surface area contributed by atoms with Gasteiger partial charge in [0.2, 0.25) is 11.3 Å². The van der Waals surface area contributed by atoms with Gasteiger partial charge in [0, 0.05) is 19.7 Å². The normalized spacial score (nSPS) is 9.53. The highest BCUT2D eigenvalue weighted by Gasteiger charge is 2.04. The van der Waals surface area contributed by atoms with Gasteiger partial charge in [0.05, 0.1) is 7.11 Å². The number of amides is 1. The summed E-state index contributed by atoms with van der Waals surface area (Å²) in [5.41, 5.74) is 0.448. The van der Waals surface area contributed by atoms with Crippen LogP contribution in [0.1, 0.15) is 6.92 Å². The van der Waals surface area contributed by atoms with Crippen molar-refractivity contribution in [3.05, 3.63) is 34.5 Å². The maximum Gasteiger partial charge on any atom is 0.223 e. The van der Waals surface area contributed by atoms with E-state index in [0.29, 0.717) is 5.69 Å². The van der Waals surface area contributed by atoms with E-state index in [4.69, 9.17) is 4.74 Å². The summed E-state index contributed by atoms with van der Waals surface area (Å²) in [7, 11) is 3.08. The number of ether oxygens (including phenoxy) is 1. The van der Waals surface area contributed by atoms with Crippen molar-refractivity contribution in [3.63, 3.8) is 0 Å². The third-order valence-electron chi connectivity index (χ3n) is 2.13. The average molecular weight is 207 g/mol.